The van der Waals surface area contributed by atoms with E-state index in [1.165, 1.54) is 4.90 Å². The SMILES string of the molecule is O=C(CCC(F)(F)F)N1C=CC(I)CC1. The summed E-state index contributed by atoms with van der Waals surface area (Å²) < 4.78 is 35.9. The fraction of sp³-hybridized carbons (Fsp3) is 0.667. The van der Waals surface area contributed by atoms with Gasteiger partial charge in [-0.25, -0.2) is 0 Å². The first-order chi connectivity index (χ1) is 6.88. The lowest BCUT2D eigenvalue weighted by atomic mass is 10.2. The highest BCUT2D eigenvalue weighted by Gasteiger charge is 2.29. The molecule has 86 valence electrons. The number of hydrogen-bond acceptors (Lipinski definition) is 1. The number of rotatable bonds is 2. The Kier molecular flexibility index (Phi) is 4.42. The van der Waals surface area contributed by atoms with Gasteiger partial charge in [0.25, 0.3) is 0 Å². The van der Waals surface area contributed by atoms with Crippen LogP contribution in [-0.4, -0.2) is 27.5 Å². The second-order valence-corrected chi connectivity index (χ2v) is 4.95. The Morgan fingerprint density at radius 3 is 2.67 bits per heavy atom. The van der Waals surface area contributed by atoms with Crippen molar-refractivity contribution >= 4 is 28.5 Å². The molecule has 0 aromatic rings. The zero-order chi connectivity index (χ0) is 11.5. The molecule has 0 aromatic carbocycles. The van der Waals surface area contributed by atoms with Gasteiger partial charge < -0.3 is 4.90 Å². The maximum atomic E-state index is 11.9. The molecule has 1 amide bonds. The van der Waals surface area contributed by atoms with Crippen molar-refractivity contribution in [1.82, 2.24) is 4.90 Å². The summed E-state index contributed by atoms with van der Waals surface area (Å²) in [5.74, 6) is -0.452. The zero-order valence-corrected chi connectivity index (χ0v) is 10.1. The zero-order valence-electron chi connectivity index (χ0n) is 7.93. The lowest BCUT2D eigenvalue weighted by Crippen LogP contribution is -2.31. The summed E-state index contributed by atoms with van der Waals surface area (Å²) in [4.78, 5) is 12.7. The van der Waals surface area contributed by atoms with Crippen molar-refractivity contribution in [1.29, 1.82) is 0 Å². The van der Waals surface area contributed by atoms with Crippen molar-refractivity contribution in [2.24, 2.45) is 0 Å². The molecule has 1 aliphatic heterocycles. The average Bonchev–Trinajstić information content (AvgIpc) is 2.14. The van der Waals surface area contributed by atoms with Gasteiger partial charge in [0.2, 0.25) is 5.91 Å². The van der Waals surface area contributed by atoms with Crippen LogP contribution < -0.4 is 0 Å². The Labute approximate surface area is 99.6 Å². The standard InChI is InChI=1S/C9H11F3INO/c10-9(11,12)4-1-8(15)14-5-2-7(13)3-6-14/h2,5,7H,1,3-4,6H2. The first-order valence-electron chi connectivity index (χ1n) is 4.57. The largest absolute Gasteiger partial charge is 0.389 e. The van der Waals surface area contributed by atoms with Crippen molar-refractivity contribution in [2.45, 2.75) is 29.4 Å². The van der Waals surface area contributed by atoms with E-state index in [9.17, 15) is 18.0 Å². The van der Waals surface area contributed by atoms with E-state index in [4.69, 9.17) is 0 Å². The lowest BCUT2D eigenvalue weighted by Gasteiger charge is -2.23. The van der Waals surface area contributed by atoms with Gasteiger partial charge in [-0.3, -0.25) is 4.79 Å². The number of carbonyl (C=O) groups is 1. The second-order valence-electron chi connectivity index (χ2n) is 3.35. The van der Waals surface area contributed by atoms with Gasteiger partial charge in [0.15, 0.2) is 0 Å². The predicted octanol–water partition coefficient (Wildman–Crippen LogP) is 2.88. The average molecular weight is 333 g/mol. The molecule has 0 aromatic heterocycles. The number of alkyl halides is 4. The summed E-state index contributed by atoms with van der Waals surface area (Å²) in [7, 11) is 0. The molecule has 1 aliphatic rings. The fourth-order valence-corrected chi connectivity index (χ4v) is 1.69. The molecule has 6 heteroatoms. The number of hydrogen-bond donors (Lipinski definition) is 0. The van der Waals surface area contributed by atoms with Gasteiger partial charge in [0, 0.05) is 23.1 Å². The minimum Gasteiger partial charge on any atom is -0.319 e. The van der Waals surface area contributed by atoms with E-state index < -0.39 is 24.9 Å². The number of nitrogens with zero attached hydrogens (tertiary/aromatic N) is 1. The second kappa shape index (κ2) is 5.18. The summed E-state index contributed by atoms with van der Waals surface area (Å²) >= 11 is 2.22. The van der Waals surface area contributed by atoms with Crippen LogP contribution in [0.1, 0.15) is 19.3 Å². The first kappa shape index (κ1) is 12.8. The minimum atomic E-state index is -4.25. The normalized spacial score (nSPS) is 21.9. The summed E-state index contributed by atoms with van der Waals surface area (Å²) in [6, 6.07) is 0. The highest BCUT2D eigenvalue weighted by molar-refractivity contribution is 14.1. The van der Waals surface area contributed by atoms with Crippen LogP contribution in [0.15, 0.2) is 12.3 Å². The molecule has 0 bridgehead atoms. The number of halogens is 4. The van der Waals surface area contributed by atoms with Gasteiger partial charge in [-0.05, 0) is 6.42 Å². The maximum Gasteiger partial charge on any atom is 0.389 e. The van der Waals surface area contributed by atoms with Crippen molar-refractivity contribution < 1.29 is 18.0 Å². The van der Waals surface area contributed by atoms with Gasteiger partial charge in [0.1, 0.15) is 0 Å². The maximum absolute atomic E-state index is 11.9. The molecule has 0 N–H and O–H groups in total. The number of amides is 1. The Balaban J connectivity index is 2.38. The predicted molar refractivity (Wildman–Crippen MR) is 58.6 cm³/mol. The van der Waals surface area contributed by atoms with E-state index in [0.717, 1.165) is 6.42 Å². The van der Waals surface area contributed by atoms with Crippen LogP contribution in [-0.2, 0) is 4.79 Å². The Morgan fingerprint density at radius 2 is 2.20 bits per heavy atom. The Hall–Kier alpha value is -0.270. The molecule has 0 aliphatic carbocycles. The van der Waals surface area contributed by atoms with Crippen molar-refractivity contribution in [3.63, 3.8) is 0 Å². The lowest BCUT2D eigenvalue weighted by molar-refractivity contribution is -0.147. The highest BCUT2D eigenvalue weighted by atomic mass is 127. The first-order valence-corrected chi connectivity index (χ1v) is 5.81. The van der Waals surface area contributed by atoms with Crippen LogP contribution in [0.4, 0.5) is 13.2 Å². The molecule has 0 fully saturated rings. The Morgan fingerprint density at radius 1 is 1.53 bits per heavy atom. The number of allylic oxidation sites excluding steroid dienone is 1. The quantitative estimate of drug-likeness (QED) is 0.562. The van der Waals surface area contributed by atoms with E-state index in [2.05, 4.69) is 22.6 Å². The smallest absolute Gasteiger partial charge is 0.319 e. The van der Waals surface area contributed by atoms with Crippen LogP contribution in [0.25, 0.3) is 0 Å². The fourth-order valence-electron chi connectivity index (χ4n) is 1.23. The molecule has 0 radical (unpaired) electrons. The van der Waals surface area contributed by atoms with Gasteiger partial charge in [-0.2, -0.15) is 13.2 Å². The van der Waals surface area contributed by atoms with E-state index in [1.807, 2.05) is 6.08 Å². The van der Waals surface area contributed by atoms with E-state index >= 15 is 0 Å². The molecule has 1 atom stereocenters. The van der Waals surface area contributed by atoms with Gasteiger partial charge >= 0.3 is 6.18 Å². The molecule has 0 saturated heterocycles. The monoisotopic (exact) mass is 333 g/mol. The van der Waals surface area contributed by atoms with Crippen molar-refractivity contribution in [3.8, 4) is 0 Å². The molecule has 1 unspecified atom stereocenters. The van der Waals surface area contributed by atoms with Crippen LogP contribution in [0.2, 0.25) is 0 Å². The van der Waals surface area contributed by atoms with Gasteiger partial charge in [-0.1, -0.05) is 28.7 Å². The Bertz CT molecular complexity index is 265. The molecule has 15 heavy (non-hydrogen) atoms. The topological polar surface area (TPSA) is 20.3 Å². The highest BCUT2D eigenvalue weighted by Crippen LogP contribution is 2.23. The summed E-state index contributed by atoms with van der Waals surface area (Å²) in [5, 5.41) is 0. The van der Waals surface area contributed by atoms with E-state index in [0.29, 0.717) is 10.5 Å². The minimum absolute atomic E-state index is 0.370. The van der Waals surface area contributed by atoms with E-state index in [1.54, 1.807) is 6.20 Å². The third-order valence-electron chi connectivity index (χ3n) is 2.06. The van der Waals surface area contributed by atoms with Crippen LogP contribution >= 0.6 is 22.6 Å². The van der Waals surface area contributed by atoms with Crippen molar-refractivity contribution in [3.05, 3.63) is 12.3 Å². The van der Waals surface area contributed by atoms with Crippen LogP contribution in [0.3, 0.4) is 0 Å². The molecule has 0 saturated carbocycles. The molecule has 0 spiro atoms. The molecular formula is C9H11F3INO. The van der Waals surface area contributed by atoms with E-state index in [-0.39, 0.29) is 0 Å². The number of carbonyl (C=O) groups excluding carboxylic acids is 1. The summed E-state index contributed by atoms with van der Waals surface area (Å²) in [6.45, 7) is 0.515. The third kappa shape index (κ3) is 4.85. The van der Waals surface area contributed by atoms with Gasteiger partial charge in [0.05, 0.1) is 6.42 Å². The van der Waals surface area contributed by atoms with Crippen LogP contribution in [0.5, 0.6) is 0 Å². The molecule has 1 heterocycles. The van der Waals surface area contributed by atoms with Crippen molar-refractivity contribution in [2.75, 3.05) is 6.54 Å². The molecule has 2 nitrogen and oxygen atoms in total. The summed E-state index contributed by atoms with van der Waals surface area (Å²) in [6.07, 6.45) is -1.53. The molecular weight excluding hydrogens is 322 g/mol. The molecule has 1 rings (SSSR count). The van der Waals surface area contributed by atoms with Gasteiger partial charge in [-0.15, -0.1) is 0 Å². The third-order valence-corrected chi connectivity index (χ3v) is 3.10. The summed E-state index contributed by atoms with van der Waals surface area (Å²) in [5.41, 5.74) is 0. The van der Waals surface area contributed by atoms with Crippen LogP contribution in [0, 0.1) is 0 Å².